The van der Waals surface area contributed by atoms with Gasteiger partial charge in [0.2, 0.25) is 0 Å². The number of rotatable bonds is 4. The van der Waals surface area contributed by atoms with Crippen molar-refractivity contribution >= 4 is 24.4 Å². The van der Waals surface area contributed by atoms with Crippen LogP contribution in [0.25, 0.3) is 0 Å². The molecule has 0 bridgehead atoms. The van der Waals surface area contributed by atoms with Gasteiger partial charge in [0.15, 0.2) is 0 Å². The van der Waals surface area contributed by atoms with Crippen molar-refractivity contribution in [2.75, 3.05) is 11.5 Å². The Morgan fingerprint density at radius 2 is 2.14 bits per heavy atom. The van der Waals surface area contributed by atoms with Crippen molar-refractivity contribution in [1.29, 1.82) is 0 Å². The number of benzene rings is 1. The SMILES string of the molecule is C=C(CS)CSc1ccc(F)cc1F. The zero-order chi connectivity index (χ0) is 10.6. The minimum Gasteiger partial charge on any atom is -0.207 e. The summed E-state index contributed by atoms with van der Waals surface area (Å²) in [6, 6.07) is 3.56. The first kappa shape index (κ1) is 11.6. The molecule has 0 nitrogen and oxygen atoms in total. The Labute approximate surface area is 91.8 Å². The van der Waals surface area contributed by atoms with Gasteiger partial charge in [-0.1, -0.05) is 12.2 Å². The van der Waals surface area contributed by atoms with E-state index in [9.17, 15) is 8.78 Å². The fourth-order valence-corrected chi connectivity index (χ4v) is 1.90. The lowest BCUT2D eigenvalue weighted by Gasteiger charge is -2.03. The molecule has 0 unspecified atom stereocenters. The van der Waals surface area contributed by atoms with E-state index < -0.39 is 11.6 Å². The van der Waals surface area contributed by atoms with Crippen molar-refractivity contribution in [3.05, 3.63) is 42.0 Å². The smallest absolute Gasteiger partial charge is 0.139 e. The highest BCUT2D eigenvalue weighted by Crippen LogP contribution is 2.23. The molecule has 0 radical (unpaired) electrons. The molecule has 0 heterocycles. The number of thioether (sulfide) groups is 1. The molecule has 0 spiro atoms. The van der Waals surface area contributed by atoms with Gasteiger partial charge in [-0.05, 0) is 12.1 Å². The normalized spacial score (nSPS) is 10.2. The monoisotopic (exact) mass is 232 g/mol. The molecule has 0 amide bonds. The summed E-state index contributed by atoms with van der Waals surface area (Å²) in [5, 5.41) is 0. The van der Waals surface area contributed by atoms with Crippen LogP contribution < -0.4 is 0 Å². The van der Waals surface area contributed by atoms with Crippen molar-refractivity contribution in [3.8, 4) is 0 Å². The van der Waals surface area contributed by atoms with Crippen LogP contribution in [0, 0.1) is 11.6 Å². The summed E-state index contributed by atoms with van der Waals surface area (Å²) in [6.45, 7) is 3.74. The summed E-state index contributed by atoms with van der Waals surface area (Å²) in [4.78, 5) is 0.439. The van der Waals surface area contributed by atoms with E-state index in [0.29, 0.717) is 16.4 Å². The predicted octanol–water partition coefficient (Wildman–Crippen LogP) is 3.54. The van der Waals surface area contributed by atoms with E-state index in [2.05, 4.69) is 19.2 Å². The Morgan fingerprint density at radius 1 is 1.43 bits per heavy atom. The number of halogens is 2. The van der Waals surface area contributed by atoms with Crippen molar-refractivity contribution in [2.24, 2.45) is 0 Å². The molecule has 1 rings (SSSR count). The van der Waals surface area contributed by atoms with Crippen LogP contribution in [0.4, 0.5) is 8.78 Å². The van der Waals surface area contributed by atoms with Gasteiger partial charge < -0.3 is 0 Å². The maximum absolute atomic E-state index is 13.1. The van der Waals surface area contributed by atoms with E-state index >= 15 is 0 Å². The zero-order valence-electron chi connectivity index (χ0n) is 7.46. The third kappa shape index (κ3) is 3.35. The molecule has 0 saturated carbocycles. The molecule has 0 aliphatic heterocycles. The van der Waals surface area contributed by atoms with E-state index in [1.165, 1.54) is 23.9 Å². The first-order chi connectivity index (χ1) is 6.63. The summed E-state index contributed by atoms with van der Waals surface area (Å²) in [5.74, 6) is 0.101. The number of hydrogen-bond donors (Lipinski definition) is 1. The van der Waals surface area contributed by atoms with Crippen molar-refractivity contribution in [1.82, 2.24) is 0 Å². The second-order valence-corrected chi connectivity index (χ2v) is 4.10. The van der Waals surface area contributed by atoms with Gasteiger partial charge in [0.1, 0.15) is 11.6 Å². The minimum atomic E-state index is -0.556. The summed E-state index contributed by atoms with van der Waals surface area (Å²) in [5.41, 5.74) is 0.919. The van der Waals surface area contributed by atoms with E-state index in [-0.39, 0.29) is 0 Å². The Kier molecular flexibility index (Phi) is 4.48. The maximum atomic E-state index is 13.1. The molecule has 1 aromatic carbocycles. The van der Waals surface area contributed by atoms with Gasteiger partial charge in [-0.15, -0.1) is 11.8 Å². The molecule has 0 atom stereocenters. The van der Waals surface area contributed by atoms with Crippen LogP contribution >= 0.6 is 24.4 Å². The minimum absolute atomic E-state index is 0.439. The van der Waals surface area contributed by atoms with Crippen LogP contribution in [0.3, 0.4) is 0 Å². The van der Waals surface area contributed by atoms with Crippen LogP contribution in [0.1, 0.15) is 0 Å². The summed E-state index contributed by atoms with van der Waals surface area (Å²) >= 11 is 5.34. The fourth-order valence-electron chi connectivity index (χ4n) is 0.818. The molecular weight excluding hydrogens is 222 g/mol. The van der Waals surface area contributed by atoms with Crippen LogP contribution in [0.15, 0.2) is 35.2 Å². The average Bonchev–Trinajstić information content (AvgIpc) is 2.16. The lowest BCUT2D eigenvalue weighted by Crippen LogP contribution is -1.89. The van der Waals surface area contributed by atoms with E-state index in [0.717, 1.165) is 11.6 Å². The molecule has 0 N–H and O–H groups in total. The zero-order valence-corrected chi connectivity index (χ0v) is 9.18. The molecule has 14 heavy (non-hydrogen) atoms. The largest absolute Gasteiger partial charge is 0.207 e. The molecule has 4 heteroatoms. The topological polar surface area (TPSA) is 0 Å². The predicted molar refractivity (Wildman–Crippen MR) is 60.1 cm³/mol. The average molecular weight is 232 g/mol. The van der Waals surface area contributed by atoms with Gasteiger partial charge >= 0.3 is 0 Å². The molecule has 1 aromatic rings. The molecule has 0 aromatic heterocycles. The third-order valence-electron chi connectivity index (χ3n) is 1.55. The molecule has 0 fully saturated rings. The number of hydrogen-bond acceptors (Lipinski definition) is 2. The van der Waals surface area contributed by atoms with Crippen LogP contribution in [0.5, 0.6) is 0 Å². The Hall–Kier alpha value is -0.480. The van der Waals surface area contributed by atoms with Gasteiger partial charge in [0, 0.05) is 22.5 Å². The van der Waals surface area contributed by atoms with Crippen LogP contribution in [0.2, 0.25) is 0 Å². The summed E-state index contributed by atoms with van der Waals surface area (Å²) in [6.07, 6.45) is 0. The van der Waals surface area contributed by atoms with E-state index in [4.69, 9.17) is 0 Å². The van der Waals surface area contributed by atoms with Crippen molar-refractivity contribution in [3.63, 3.8) is 0 Å². The Balaban J connectivity index is 2.63. The standard InChI is InChI=1S/C10H10F2S2/c1-7(5-13)6-14-10-3-2-8(11)4-9(10)12/h2-4,13H,1,5-6H2. The van der Waals surface area contributed by atoms with Gasteiger partial charge in [0.05, 0.1) is 0 Å². The first-order valence-corrected chi connectivity index (χ1v) is 5.60. The van der Waals surface area contributed by atoms with Crippen molar-refractivity contribution < 1.29 is 8.78 Å². The number of thiol groups is 1. The van der Waals surface area contributed by atoms with Gasteiger partial charge in [-0.25, -0.2) is 8.78 Å². The highest BCUT2D eigenvalue weighted by molar-refractivity contribution is 7.99. The fraction of sp³-hybridized carbons (Fsp3) is 0.200. The summed E-state index contributed by atoms with van der Waals surface area (Å²) in [7, 11) is 0. The second kappa shape index (κ2) is 5.41. The quantitative estimate of drug-likeness (QED) is 0.470. The van der Waals surface area contributed by atoms with Crippen LogP contribution in [-0.2, 0) is 0 Å². The highest BCUT2D eigenvalue weighted by Gasteiger charge is 2.04. The second-order valence-electron chi connectivity index (χ2n) is 2.77. The molecule has 76 valence electrons. The lowest BCUT2D eigenvalue weighted by molar-refractivity contribution is 0.566. The summed E-state index contributed by atoms with van der Waals surface area (Å²) < 4.78 is 25.6. The Morgan fingerprint density at radius 3 is 2.71 bits per heavy atom. The lowest BCUT2D eigenvalue weighted by atomic mass is 10.3. The van der Waals surface area contributed by atoms with E-state index in [1.807, 2.05) is 0 Å². The van der Waals surface area contributed by atoms with E-state index in [1.54, 1.807) is 0 Å². The van der Waals surface area contributed by atoms with Gasteiger partial charge in [0.25, 0.3) is 0 Å². The molecular formula is C10H10F2S2. The van der Waals surface area contributed by atoms with Gasteiger partial charge in [-0.2, -0.15) is 12.6 Å². The van der Waals surface area contributed by atoms with Crippen molar-refractivity contribution in [2.45, 2.75) is 4.90 Å². The Bertz CT molecular complexity index is 337. The van der Waals surface area contributed by atoms with Crippen LogP contribution in [-0.4, -0.2) is 11.5 Å². The van der Waals surface area contributed by atoms with Gasteiger partial charge in [-0.3, -0.25) is 0 Å². The molecule has 0 aliphatic carbocycles. The highest BCUT2D eigenvalue weighted by atomic mass is 32.2. The molecule has 0 saturated heterocycles. The first-order valence-electron chi connectivity index (χ1n) is 3.99. The maximum Gasteiger partial charge on any atom is 0.139 e. The third-order valence-corrected chi connectivity index (χ3v) is 3.19. The molecule has 0 aliphatic rings.